The van der Waals surface area contributed by atoms with Crippen LogP contribution in [0.3, 0.4) is 0 Å². The van der Waals surface area contributed by atoms with Gasteiger partial charge in [0.15, 0.2) is 0 Å². The number of carbonyl (C=O) groups is 1. The van der Waals surface area contributed by atoms with Crippen molar-refractivity contribution in [1.82, 2.24) is 15.1 Å². The molecule has 0 bridgehead atoms. The van der Waals surface area contributed by atoms with Crippen LogP contribution in [0.1, 0.15) is 52.3 Å². The highest BCUT2D eigenvalue weighted by Gasteiger charge is 2.14. The van der Waals surface area contributed by atoms with Gasteiger partial charge in [0.1, 0.15) is 0 Å². The van der Waals surface area contributed by atoms with E-state index in [1.54, 1.807) is 0 Å². The minimum absolute atomic E-state index is 0.0260. The third-order valence-electron chi connectivity index (χ3n) is 4.57. The first-order chi connectivity index (χ1) is 12.6. The Hall–Kier alpha value is -2.88. The van der Waals surface area contributed by atoms with Gasteiger partial charge in [-0.1, -0.05) is 49.4 Å². The van der Waals surface area contributed by atoms with Gasteiger partial charge in [-0.05, 0) is 49.6 Å². The number of carbonyl (C=O) groups excluding carboxylic acids is 1. The molecule has 0 saturated carbocycles. The fourth-order valence-corrected chi connectivity index (χ4v) is 3.12. The lowest BCUT2D eigenvalue weighted by Crippen LogP contribution is -2.28. The SMILES string of the molecule is CCC(NC(=O)c1ccc(Cn2nc(C)cc2C)cc1)c1ccccc1. The molecule has 0 radical (unpaired) electrons. The number of hydrogen-bond acceptors (Lipinski definition) is 2. The molecular weight excluding hydrogens is 322 g/mol. The first-order valence-electron chi connectivity index (χ1n) is 9.02. The zero-order valence-corrected chi connectivity index (χ0v) is 15.6. The maximum Gasteiger partial charge on any atom is 0.251 e. The van der Waals surface area contributed by atoms with E-state index >= 15 is 0 Å². The Morgan fingerprint density at radius 2 is 1.77 bits per heavy atom. The van der Waals surface area contributed by atoms with Crippen molar-refractivity contribution in [2.75, 3.05) is 0 Å². The van der Waals surface area contributed by atoms with E-state index in [-0.39, 0.29) is 11.9 Å². The van der Waals surface area contributed by atoms with Crippen molar-refractivity contribution in [1.29, 1.82) is 0 Å². The molecule has 1 unspecified atom stereocenters. The summed E-state index contributed by atoms with van der Waals surface area (Å²) in [6, 6.07) is 19.9. The third-order valence-corrected chi connectivity index (χ3v) is 4.57. The molecule has 1 atom stereocenters. The van der Waals surface area contributed by atoms with Crippen LogP contribution in [0.25, 0.3) is 0 Å². The zero-order valence-electron chi connectivity index (χ0n) is 15.6. The first-order valence-corrected chi connectivity index (χ1v) is 9.02. The van der Waals surface area contributed by atoms with Gasteiger partial charge in [0.05, 0.1) is 18.3 Å². The Labute approximate surface area is 154 Å². The quantitative estimate of drug-likeness (QED) is 0.717. The van der Waals surface area contributed by atoms with E-state index in [9.17, 15) is 4.79 Å². The van der Waals surface area contributed by atoms with E-state index in [4.69, 9.17) is 0 Å². The molecule has 1 heterocycles. The van der Waals surface area contributed by atoms with E-state index in [0.29, 0.717) is 12.1 Å². The van der Waals surface area contributed by atoms with Crippen LogP contribution in [-0.2, 0) is 6.54 Å². The van der Waals surface area contributed by atoms with Gasteiger partial charge >= 0.3 is 0 Å². The van der Waals surface area contributed by atoms with Gasteiger partial charge in [-0.25, -0.2) is 0 Å². The second-order valence-electron chi connectivity index (χ2n) is 6.63. The number of nitrogens with one attached hydrogen (secondary N) is 1. The van der Waals surface area contributed by atoms with E-state index in [2.05, 4.69) is 30.3 Å². The van der Waals surface area contributed by atoms with Crippen molar-refractivity contribution in [2.24, 2.45) is 0 Å². The van der Waals surface area contributed by atoms with Crippen LogP contribution >= 0.6 is 0 Å². The average Bonchev–Trinajstić information content (AvgIpc) is 2.97. The second kappa shape index (κ2) is 8.00. The summed E-state index contributed by atoms with van der Waals surface area (Å²) in [5, 5.41) is 7.61. The summed E-state index contributed by atoms with van der Waals surface area (Å²) in [6.45, 7) is 6.84. The number of hydrogen-bond donors (Lipinski definition) is 1. The average molecular weight is 347 g/mol. The summed E-state index contributed by atoms with van der Waals surface area (Å²) in [7, 11) is 0. The van der Waals surface area contributed by atoms with Gasteiger partial charge in [-0.2, -0.15) is 5.10 Å². The van der Waals surface area contributed by atoms with Crippen molar-refractivity contribution < 1.29 is 4.79 Å². The summed E-state index contributed by atoms with van der Waals surface area (Å²) >= 11 is 0. The lowest BCUT2D eigenvalue weighted by Gasteiger charge is -2.17. The standard InChI is InChI=1S/C22H25N3O/c1-4-21(19-8-6-5-7-9-19)23-22(26)20-12-10-18(11-13-20)15-25-17(3)14-16(2)24-25/h5-14,21H,4,15H2,1-3H3,(H,23,26). The smallest absolute Gasteiger partial charge is 0.251 e. The molecule has 3 aromatic rings. The van der Waals surface area contributed by atoms with Gasteiger partial charge in [0.2, 0.25) is 0 Å². The highest BCUT2D eigenvalue weighted by molar-refractivity contribution is 5.94. The molecule has 3 rings (SSSR count). The van der Waals surface area contributed by atoms with Crippen LogP contribution < -0.4 is 5.32 Å². The van der Waals surface area contributed by atoms with E-state index in [1.165, 1.54) is 0 Å². The molecule has 1 N–H and O–H groups in total. The Morgan fingerprint density at radius 3 is 2.35 bits per heavy atom. The highest BCUT2D eigenvalue weighted by Crippen LogP contribution is 2.17. The van der Waals surface area contributed by atoms with Crippen molar-refractivity contribution in [3.05, 3.63) is 88.7 Å². The van der Waals surface area contributed by atoms with Crippen molar-refractivity contribution in [3.8, 4) is 0 Å². The molecule has 1 aromatic heterocycles. The van der Waals surface area contributed by atoms with Gasteiger partial charge in [-0.3, -0.25) is 9.48 Å². The highest BCUT2D eigenvalue weighted by atomic mass is 16.1. The molecule has 0 aliphatic rings. The van der Waals surface area contributed by atoms with Crippen LogP contribution in [0.4, 0.5) is 0 Å². The number of benzene rings is 2. The van der Waals surface area contributed by atoms with Crippen molar-refractivity contribution in [2.45, 2.75) is 39.8 Å². The second-order valence-corrected chi connectivity index (χ2v) is 6.63. The molecule has 0 aliphatic heterocycles. The molecule has 1 amide bonds. The fraction of sp³-hybridized carbons (Fsp3) is 0.273. The molecule has 26 heavy (non-hydrogen) atoms. The Balaban J connectivity index is 1.67. The summed E-state index contributed by atoms with van der Waals surface area (Å²) in [6.07, 6.45) is 0.853. The van der Waals surface area contributed by atoms with E-state index in [1.807, 2.05) is 66.2 Å². The van der Waals surface area contributed by atoms with Gasteiger partial charge in [-0.15, -0.1) is 0 Å². The molecule has 0 saturated heterocycles. The number of rotatable bonds is 6. The first kappa shape index (κ1) is 17.9. The van der Waals surface area contributed by atoms with Gasteiger partial charge in [0, 0.05) is 11.3 Å². The predicted octanol–water partition coefficient (Wildman–Crippen LogP) is 4.43. The zero-order chi connectivity index (χ0) is 18.5. The predicted molar refractivity (Wildman–Crippen MR) is 104 cm³/mol. The van der Waals surface area contributed by atoms with Gasteiger partial charge in [0.25, 0.3) is 5.91 Å². The molecule has 2 aromatic carbocycles. The van der Waals surface area contributed by atoms with Crippen LogP contribution in [0.5, 0.6) is 0 Å². The summed E-state index contributed by atoms with van der Waals surface area (Å²) in [5.41, 5.74) is 5.09. The molecular formula is C22H25N3O. The largest absolute Gasteiger partial charge is 0.345 e. The summed E-state index contributed by atoms with van der Waals surface area (Å²) in [4.78, 5) is 12.6. The Kier molecular flexibility index (Phi) is 5.52. The lowest BCUT2D eigenvalue weighted by atomic mass is 10.0. The van der Waals surface area contributed by atoms with Crippen molar-refractivity contribution >= 4 is 5.91 Å². The molecule has 4 heteroatoms. The number of aryl methyl sites for hydroxylation is 2. The molecule has 0 spiro atoms. The number of nitrogens with zero attached hydrogens (tertiary/aromatic N) is 2. The monoisotopic (exact) mass is 347 g/mol. The topological polar surface area (TPSA) is 46.9 Å². The summed E-state index contributed by atoms with van der Waals surface area (Å²) in [5.74, 6) is -0.0432. The van der Waals surface area contributed by atoms with E-state index < -0.39 is 0 Å². The Morgan fingerprint density at radius 1 is 1.08 bits per heavy atom. The Bertz CT molecular complexity index is 866. The van der Waals surface area contributed by atoms with Crippen LogP contribution in [0.2, 0.25) is 0 Å². The normalized spacial score (nSPS) is 12.0. The van der Waals surface area contributed by atoms with E-state index in [0.717, 1.165) is 28.9 Å². The minimum Gasteiger partial charge on any atom is -0.345 e. The van der Waals surface area contributed by atoms with Gasteiger partial charge < -0.3 is 5.32 Å². The molecule has 0 aliphatic carbocycles. The number of aromatic nitrogens is 2. The molecule has 4 nitrogen and oxygen atoms in total. The molecule has 134 valence electrons. The fourth-order valence-electron chi connectivity index (χ4n) is 3.12. The van der Waals surface area contributed by atoms with Crippen LogP contribution in [0, 0.1) is 13.8 Å². The maximum atomic E-state index is 12.6. The lowest BCUT2D eigenvalue weighted by molar-refractivity contribution is 0.0935. The van der Waals surface area contributed by atoms with Crippen LogP contribution in [-0.4, -0.2) is 15.7 Å². The minimum atomic E-state index is -0.0432. The van der Waals surface area contributed by atoms with Crippen LogP contribution in [0.15, 0.2) is 60.7 Å². The number of amides is 1. The van der Waals surface area contributed by atoms with Crippen molar-refractivity contribution in [3.63, 3.8) is 0 Å². The molecule has 0 fully saturated rings. The third kappa shape index (κ3) is 4.20. The maximum absolute atomic E-state index is 12.6. The summed E-state index contributed by atoms with van der Waals surface area (Å²) < 4.78 is 1.98.